The highest BCUT2D eigenvalue weighted by Gasteiger charge is 2.15. The number of aliphatic hydroxyl groups is 1. The third-order valence-corrected chi connectivity index (χ3v) is 7.28. The molecule has 4 N–H and O–H groups in total. The molecule has 8 heteroatoms. The van der Waals surface area contributed by atoms with Crippen molar-refractivity contribution >= 4 is 16.8 Å². The number of amides is 1. The van der Waals surface area contributed by atoms with E-state index in [9.17, 15) is 14.7 Å². The molecule has 0 bridgehead atoms. The maximum atomic E-state index is 12.1. The summed E-state index contributed by atoms with van der Waals surface area (Å²) < 4.78 is 6.00. The summed E-state index contributed by atoms with van der Waals surface area (Å²) in [6, 6.07) is 16.7. The number of carbonyl (C=O) groups excluding carboxylic acids is 1. The van der Waals surface area contributed by atoms with Crippen LogP contribution in [0.3, 0.4) is 0 Å². The Labute approximate surface area is 230 Å². The van der Waals surface area contributed by atoms with Gasteiger partial charge in [0.05, 0.1) is 11.6 Å². The first-order chi connectivity index (χ1) is 19.1. The van der Waals surface area contributed by atoms with Gasteiger partial charge in [0.2, 0.25) is 11.5 Å². The van der Waals surface area contributed by atoms with Gasteiger partial charge in [-0.2, -0.15) is 0 Å². The first-order valence-corrected chi connectivity index (χ1v) is 14.3. The van der Waals surface area contributed by atoms with Gasteiger partial charge in [-0.15, -0.1) is 0 Å². The minimum absolute atomic E-state index is 0.145. The van der Waals surface area contributed by atoms with Crippen LogP contribution in [0.4, 0.5) is 0 Å². The van der Waals surface area contributed by atoms with Crippen LogP contribution in [-0.4, -0.2) is 60.2 Å². The second-order valence-corrected chi connectivity index (χ2v) is 10.3. The third-order valence-electron chi connectivity index (χ3n) is 7.28. The number of nitrogens with zero attached hydrogens (tertiary/aromatic N) is 1. The Morgan fingerprint density at radius 1 is 0.974 bits per heavy atom. The molecule has 1 saturated heterocycles. The van der Waals surface area contributed by atoms with Gasteiger partial charge < -0.3 is 30.4 Å². The average molecular weight is 535 g/mol. The number of hydrogen-bond donors (Lipinski definition) is 4. The maximum absolute atomic E-state index is 12.1. The Morgan fingerprint density at radius 2 is 1.77 bits per heavy atom. The summed E-state index contributed by atoms with van der Waals surface area (Å²) in [5.41, 5.74) is 2.16. The third kappa shape index (κ3) is 9.20. The fourth-order valence-electron chi connectivity index (χ4n) is 5.05. The smallest absolute Gasteiger partial charge is 0.248 e. The van der Waals surface area contributed by atoms with E-state index < -0.39 is 6.10 Å². The molecule has 1 atom stereocenters. The van der Waals surface area contributed by atoms with E-state index in [1.165, 1.54) is 25.3 Å². The molecule has 0 radical (unpaired) electrons. The minimum Gasteiger partial charge on any atom is -0.487 e. The number of rotatable bonds is 15. The molecule has 1 unspecified atom stereocenters. The average Bonchev–Trinajstić information content (AvgIpc) is 2.97. The van der Waals surface area contributed by atoms with Gasteiger partial charge in [0.15, 0.2) is 0 Å². The topological polar surface area (TPSA) is 107 Å². The highest BCUT2D eigenvalue weighted by atomic mass is 16.5. The highest BCUT2D eigenvalue weighted by Crippen LogP contribution is 2.30. The van der Waals surface area contributed by atoms with Gasteiger partial charge >= 0.3 is 0 Å². The monoisotopic (exact) mass is 534 g/mol. The van der Waals surface area contributed by atoms with E-state index in [-0.39, 0.29) is 11.5 Å². The van der Waals surface area contributed by atoms with E-state index in [0.717, 1.165) is 62.0 Å². The number of carbonyl (C=O) groups is 1. The highest BCUT2D eigenvalue weighted by molar-refractivity contribution is 5.87. The van der Waals surface area contributed by atoms with Gasteiger partial charge in [0.25, 0.3) is 0 Å². The summed E-state index contributed by atoms with van der Waals surface area (Å²) in [4.78, 5) is 29.4. The van der Waals surface area contributed by atoms with Crippen molar-refractivity contribution in [3.63, 3.8) is 0 Å². The first-order valence-electron chi connectivity index (χ1n) is 14.3. The van der Waals surface area contributed by atoms with E-state index >= 15 is 0 Å². The van der Waals surface area contributed by atoms with Crippen molar-refractivity contribution in [1.82, 2.24) is 20.5 Å². The van der Waals surface area contributed by atoms with E-state index in [1.54, 1.807) is 12.1 Å². The molecule has 210 valence electrons. The van der Waals surface area contributed by atoms with Gasteiger partial charge in [0, 0.05) is 37.5 Å². The van der Waals surface area contributed by atoms with Crippen molar-refractivity contribution in [2.45, 2.75) is 57.7 Å². The molecule has 1 aromatic heterocycles. The van der Waals surface area contributed by atoms with E-state index in [2.05, 4.69) is 20.5 Å². The van der Waals surface area contributed by atoms with Crippen LogP contribution in [0, 0.1) is 0 Å². The summed E-state index contributed by atoms with van der Waals surface area (Å²) in [5.74, 6) is 0.723. The zero-order chi connectivity index (χ0) is 27.3. The van der Waals surface area contributed by atoms with Crippen LogP contribution < -0.4 is 20.9 Å². The Morgan fingerprint density at radius 3 is 2.59 bits per heavy atom. The van der Waals surface area contributed by atoms with Crippen LogP contribution in [-0.2, 0) is 11.4 Å². The molecule has 39 heavy (non-hydrogen) atoms. The second kappa shape index (κ2) is 15.4. The predicted molar refractivity (Wildman–Crippen MR) is 155 cm³/mol. The summed E-state index contributed by atoms with van der Waals surface area (Å²) in [6.45, 7) is 5.41. The standard InChI is InChI=1S/C31H42N4O4/c36-27(22-32-17-6-2-7-18-33-29(37)16-21-35-19-8-3-9-20-35)25-12-14-28(31-26(25)13-15-30(38)34-31)39-23-24-10-4-1-5-11-24/h1,4-5,10-15,27,32,36H,2-3,6-9,16-23H2,(H,33,37)(H,34,38). The summed E-state index contributed by atoms with van der Waals surface area (Å²) >= 11 is 0. The van der Waals surface area contributed by atoms with Crippen molar-refractivity contribution in [2.75, 3.05) is 39.3 Å². The molecule has 0 saturated carbocycles. The zero-order valence-corrected chi connectivity index (χ0v) is 22.8. The maximum Gasteiger partial charge on any atom is 0.248 e. The SMILES string of the molecule is O=C(CCN1CCCCC1)NCCCCCNCC(O)c1ccc(OCc2ccccc2)c2[nH]c(=O)ccc12. The summed E-state index contributed by atoms with van der Waals surface area (Å²) in [5, 5.41) is 18.0. The number of H-pyrrole nitrogens is 1. The first kappa shape index (κ1) is 28.8. The number of likely N-dealkylation sites (tertiary alicyclic amines) is 1. The van der Waals surface area contributed by atoms with Crippen LogP contribution in [0.1, 0.15) is 62.2 Å². The quantitative estimate of drug-likeness (QED) is 0.221. The van der Waals surface area contributed by atoms with Crippen LogP contribution in [0.5, 0.6) is 5.75 Å². The number of unbranched alkanes of at least 4 members (excludes halogenated alkanes) is 2. The number of aromatic amines is 1. The predicted octanol–water partition coefficient (Wildman–Crippen LogP) is 3.89. The summed E-state index contributed by atoms with van der Waals surface area (Å²) in [6.07, 6.45) is 6.60. The Bertz CT molecular complexity index is 1220. The lowest BCUT2D eigenvalue weighted by Crippen LogP contribution is -2.34. The molecule has 2 aromatic carbocycles. The number of pyridine rings is 1. The molecule has 0 aliphatic carbocycles. The van der Waals surface area contributed by atoms with Gasteiger partial charge in [-0.1, -0.05) is 49.2 Å². The second-order valence-electron chi connectivity index (χ2n) is 10.3. The van der Waals surface area contributed by atoms with Gasteiger partial charge in [-0.25, -0.2) is 0 Å². The molecule has 1 aliphatic rings. The minimum atomic E-state index is -0.722. The van der Waals surface area contributed by atoms with E-state index in [0.29, 0.717) is 37.4 Å². The Balaban J connectivity index is 1.16. The number of ether oxygens (including phenoxy) is 1. The number of fused-ring (bicyclic) bond motifs is 1. The number of piperidine rings is 1. The fourth-order valence-corrected chi connectivity index (χ4v) is 5.05. The van der Waals surface area contributed by atoms with Crippen molar-refractivity contribution in [3.05, 3.63) is 76.1 Å². The Kier molecular flexibility index (Phi) is 11.4. The van der Waals surface area contributed by atoms with Gasteiger partial charge in [-0.05, 0) is 68.6 Å². The van der Waals surface area contributed by atoms with Crippen molar-refractivity contribution in [3.8, 4) is 5.75 Å². The zero-order valence-electron chi connectivity index (χ0n) is 22.8. The number of hydrogen-bond acceptors (Lipinski definition) is 6. The number of aliphatic hydroxyl groups excluding tert-OH is 1. The Hall–Kier alpha value is -3.20. The van der Waals surface area contributed by atoms with E-state index in [4.69, 9.17) is 4.74 Å². The van der Waals surface area contributed by atoms with Crippen LogP contribution in [0.25, 0.3) is 10.9 Å². The van der Waals surface area contributed by atoms with Crippen molar-refractivity contribution in [1.29, 1.82) is 0 Å². The molecule has 1 amide bonds. The molecule has 2 heterocycles. The van der Waals surface area contributed by atoms with Crippen molar-refractivity contribution < 1.29 is 14.6 Å². The van der Waals surface area contributed by atoms with Gasteiger partial charge in [0.1, 0.15) is 12.4 Å². The van der Waals surface area contributed by atoms with Gasteiger partial charge in [-0.3, -0.25) is 9.59 Å². The molecular formula is C31H42N4O4. The molecule has 1 fully saturated rings. The lowest BCUT2D eigenvalue weighted by Gasteiger charge is -2.25. The molecule has 1 aliphatic heterocycles. The normalized spacial score (nSPS) is 14.8. The molecular weight excluding hydrogens is 492 g/mol. The molecule has 8 nitrogen and oxygen atoms in total. The van der Waals surface area contributed by atoms with Crippen LogP contribution >= 0.6 is 0 Å². The summed E-state index contributed by atoms with van der Waals surface area (Å²) in [7, 11) is 0. The van der Waals surface area contributed by atoms with Crippen LogP contribution in [0.15, 0.2) is 59.4 Å². The number of aromatic nitrogens is 1. The molecule has 4 rings (SSSR count). The lowest BCUT2D eigenvalue weighted by atomic mass is 10.0. The fraction of sp³-hybridized carbons (Fsp3) is 0.484. The largest absolute Gasteiger partial charge is 0.487 e. The number of nitrogens with one attached hydrogen (secondary N) is 3. The number of benzene rings is 2. The van der Waals surface area contributed by atoms with Crippen LogP contribution in [0.2, 0.25) is 0 Å². The van der Waals surface area contributed by atoms with E-state index in [1.807, 2.05) is 36.4 Å². The molecule has 3 aromatic rings. The molecule has 0 spiro atoms. The van der Waals surface area contributed by atoms with Crippen molar-refractivity contribution in [2.24, 2.45) is 0 Å². The lowest BCUT2D eigenvalue weighted by molar-refractivity contribution is -0.121.